The van der Waals surface area contributed by atoms with E-state index in [-0.39, 0.29) is 28.7 Å². The number of thiazole rings is 1. The van der Waals surface area contributed by atoms with Crippen molar-refractivity contribution in [2.24, 2.45) is 0 Å². The average molecular weight is 468 g/mol. The molecule has 2 aromatic carbocycles. The van der Waals surface area contributed by atoms with Gasteiger partial charge in [-0.2, -0.15) is 0 Å². The lowest BCUT2D eigenvalue weighted by Gasteiger charge is -2.20. The second-order valence-corrected chi connectivity index (χ2v) is 10.3. The Kier molecular flexibility index (Phi) is 6.20. The van der Waals surface area contributed by atoms with Crippen molar-refractivity contribution in [2.45, 2.75) is 18.4 Å². The van der Waals surface area contributed by atoms with Crippen LogP contribution in [0.4, 0.5) is 5.13 Å². The molecule has 0 N–H and O–H groups in total. The number of rotatable bonds is 7. The molecule has 0 spiro atoms. The van der Waals surface area contributed by atoms with Crippen molar-refractivity contribution in [2.75, 3.05) is 17.8 Å². The van der Waals surface area contributed by atoms with Crippen LogP contribution in [0.15, 0.2) is 71.8 Å². The first kappa shape index (κ1) is 21.9. The number of methoxy groups -OCH3 is 1. The number of hydrogen-bond acceptors (Lipinski definition) is 7. The van der Waals surface area contributed by atoms with Crippen LogP contribution in [0.5, 0.6) is 5.75 Å². The molecule has 4 rings (SSSR count). The van der Waals surface area contributed by atoms with Gasteiger partial charge in [0.1, 0.15) is 5.75 Å². The first-order valence-corrected chi connectivity index (χ1v) is 12.4. The highest BCUT2D eigenvalue weighted by molar-refractivity contribution is 7.91. The van der Waals surface area contributed by atoms with Gasteiger partial charge in [0, 0.05) is 17.8 Å². The van der Waals surface area contributed by atoms with Crippen molar-refractivity contribution in [1.29, 1.82) is 0 Å². The van der Waals surface area contributed by atoms with E-state index in [0.717, 1.165) is 4.70 Å². The Bertz CT molecular complexity index is 1370. The fraction of sp³-hybridized carbons (Fsp3) is 0.174. The maximum atomic E-state index is 13.6. The second-order valence-electron chi connectivity index (χ2n) is 6.97. The molecule has 0 saturated carbocycles. The van der Waals surface area contributed by atoms with Crippen LogP contribution in [0.1, 0.15) is 23.0 Å². The summed E-state index contributed by atoms with van der Waals surface area (Å²) in [5.74, 6) is 0.284. The van der Waals surface area contributed by atoms with Crippen molar-refractivity contribution in [3.05, 3.63) is 78.1 Å². The number of anilines is 1. The predicted octanol–water partition coefficient (Wildman–Crippen LogP) is 4.34. The number of nitrogens with zero attached hydrogens (tertiary/aromatic N) is 3. The van der Waals surface area contributed by atoms with Crippen LogP contribution in [-0.4, -0.2) is 37.2 Å². The number of carbonyl (C=O) groups excluding carboxylic acids is 1. The summed E-state index contributed by atoms with van der Waals surface area (Å²) < 4.78 is 30.8. The summed E-state index contributed by atoms with van der Waals surface area (Å²) in [5.41, 5.74) is 1.67. The largest absolute Gasteiger partial charge is 0.497 e. The van der Waals surface area contributed by atoms with Gasteiger partial charge in [0.25, 0.3) is 5.91 Å². The van der Waals surface area contributed by atoms with E-state index in [0.29, 0.717) is 22.1 Å². The molecule has 2 aromatic heterocycles. The number of ether oxygens (including phenoxy) is 1. The summed E-state index contributed by atoms with van der Waals surface area (Å²) in [6.07, 6.45) is 1.66. The SMILES string of the molecule is CCS(=O)(=O)c1cccc(C(=O)N(Cc2ccccn2)c2nc3cc(OC)ccc3s2)c1. The molecule has 0 aliphatic carbocycles. The van der Waals surface area contributed by atoms with E-state index in [1.165, 1.54) is 28.4 Å². The van der Waals surface area contributed by atoms with Gasteiger partial charge < -0.3 is 4.74 Å². The number of amides is 1. The van der Waals surface area contributed by atoms with Crippen LogP contribution in [-0.2, 0) is 16.4 Å². The van der Waals surface area contributed by atoms with Gasteiger partial charge in [0.15, 0.2) is 15.0 Å². The fourth-order valence-electron chi connectivity index (χ4n) is 3.16. The standard InChI is InChI=1S/C23H21N3O4S2/c1-3-32(28,29)19-9-6-7-16(13-19)22(27)26(15-17-8-4-5-12-24-17)23-25-20-14-18(30-2)10-11-21(20)31-23/h4-14H,3,15H2,1-2H3. The third kappa shape index (κ3) is 4.49. The van der Waals surface area contributed by atoms with E-state index in [1.54, 1.807) is 38.4 Å². The monoisotopic (exact) mass is 467 g/mol. The molecule has 2 heterocycles. The first-order valence-electron chi connectivity index (χ1n) is 9.90. The Labute approximate surface area is 190 Å². The van der Waals surface area contributed by atoms with E-state index in [2.05, 4.69) is 9.97 Å². The minimum atomic E-state index is -3.44. The van der Waals surface area contributed by atoms with Gasteiger partial charge in [-0.05, 0) is 42.5 Å². The lowest BCUT2D eigenvalue weighted by Crippen LogP contribution is -2.30. The molecule has 0 saturated heterocycles. The van der Waals surface area contributed by atoms with Crippen LogP contribution < -0.4 is 9.64 Å². The maximum Gasteiger partial charge on any atom is 0.260 e. The van der Waals surface area contributed by atoms with E-state index in [1.807, 2.05) is 30.3 Å². The third-order valence-electron chi connectivity index (χ3n) is 4.93. The van der Waals surface area contributed by atoms with Crippen molar-refractivity contribution < 1.29 is 17.9 Å². The number of hydrogen-bond donors (Lipinski definition) is 0. The van der Waals surface area contributed by atoms with E-state index >= 15 is 0 Å². The number of aromatic nitrogens is 2. The summed E-state index contributed by atoms with van der Waals surface area (Å²) >= 11 is 1.37. The minimum absolute atomic E-state index is 0.0397. The van der Waals surface area contributed by atoms with E-state index < -0.39 is 9.84 Å². The number of fused-ring (bicyclic) bond motifs is 1. The Hall–Kier alpha value is -3.30. The third-order valence-corrected chi connectivity index (χ3v) is 7.72. The van der Waals surface area contributed by atoms with Gasteiger partial charge in [-0.15, -0.1) is 0 Å². The minimum Gasteiger partial charge on any atom is -0.497 e. The van der Waals surface area contributed by atoms with Gasteiger partial charge in [-0.25, -0.2) is 13.4 Å². The summed E-state index contributed by atoms with van der Waals surface area (Å²) in [7, 11) is -1.86. The Morgan fingerprint density at radius 2 is 1.94 bits per heavy atom. The van der Waals surface area contributed by atoms with Gasteiger partial charge in [0.05, 0.1) is 40.2 Å². The molecule has 9 heteroatoms. The predicted molar refractivity (Wildman–Crippen MR) is 125 cm³/mol. The lowest BCUT2D eigenvalue weighted by atomic mass is 10.2. The first-order chi connectivity index (χ1) is 15.4. The molecule has 0 aliphatic heterocycles. The number of pyridine rings is 1. The molecular formula is C23H21N3O4S2. The average Bonchev–Trinajstić information content (AvgIpc) is 3.25. The Balaban J connectivity index is 1.78. The number of sulfone groups is 1. The molecule has 4 aromatic rings. The van der Waals surface area contributed by atoms with Crippen LogP contribution >= 0.6 is 11.3 Å². The van der Waals surface area contributed by atoms with Crippen molar-refractivity contribution in [3.63, 3.8) is 0 Å². The van der Waals surface area contributed by atoms with Gasteiger partial charge >= 0.3 is 0 Å². The lowest BCUT2D eigenvalue weighted by molar-refractivity contribution is 0.0984. The van der Waals surface area contributed by atoms with Crippen LogP contribution in [0.2, 0.25) is 0 Å². The van der Waals surface area contributed by atoms with E-state index in [4.69, 9.17) is 4.74 Å². The zero-order valence-electron chi connectivity index (χ0n) is 17.6. The molecule has 0 aliphatic rings. The van der Waals surface area contributed by atoms with E-state index in [9.17, 15) is 13.2 Å². The summed E-state index contributed by atoms with van der Waals surface area (Å²) in [4.78, 5) is 24.2. The summed E-state index contributed by atoms with van der Waals surface area (Å²) in [5, 5.41) is 0.493. The second kappa shape index (κ2) is 9.05. The topological polar surface area (TPSA) is 89.5 Å². The molecule has 32 heavy (non-hydrogen) atoms. The van der Waals surface area contributed by atoms with Crippen LogP contribution in [0.3, 0.4) is 0 Å². The van der Waals surface area contributed by atoms with Gasteiger partial charge in [-0.3, -0.25) is 14.7 Å². The molecule has 1 amide bonds. The molecule has 0 atom stereocenters. The van der Waals surface area contributed by atoms with Gasteiger partial charge in [0.2, 0.25) is 0 Å². The zero-order chi connectivity index (χ0) is 22.7. The van der Waals surface area contributed by atoms with Crippen molar-refractivity contribution >= 4 is 42.4 Å². The zero-order valence-corrected chi connectivity index (χ0v) is 19.2. The maximum absolute atomic E-state index is 13.6. The molecule has 0 bridgehead atoms. The Morgan fingerprint density at radius 3 is 2.66 bits per heavy atom. The smallest absolute Gasteiger partial charge is 0.260 e. The number of carbonyl (C=O) groups is 1. The molecule has 164 valence electrons. The Morgan fingerprint density at radius 1 is 1.09 bits per heavy atom. The van der Waals surface area contributed by atoms with Crippen molar-refractivity contribution in [1.82, 2.24) is 9.97 Å². The highest BCUT2D eigenvalue weighted by atomic mass is 32.2. The quantitative estimate of drug-likeness (QED) is 0.402. The molecule has 0 unspecified atom stereocenters. The highest BCUT2D eigenvalue weighted by Crippen LogP contribution is 2.33. The summed E-state index contributed by atoms with van der Waals surface area (Å²) in [6.45, 7) is 1.77. The highest BCUT2D eigenvalue weighted by Gasteiger charge is 2.24. The van der Waals surface area contributed by atoms with Crippen LogP contribution in [0, 0.1) is 0 Å². The van der Waals surface area contributed by atoms with Crippen LogP contribution in [0.25, 0.3) is 10.2 Å². The molecular weight excluding hydrogens is 446 g/mol. The molecule has 7 nitrogen and oxygen atoms in total. The number of benzene rings is 2. The normalized spacial score (nSPS) is 11.4. The van der Waals surface area contributed by atoms with Gasteiger partial charge in [-0.1, -0.05) is 30.4 Å². The molecule has 0 fully saturated rings. The van der Waals surface area contributed by atoms with Crippen molar-refractivity contribution in [3.8, 4) is 5.75 Å². The summed E-state index contributed by atoms with van der Waals surface area (Å²) in [6, 6.07) is 17.1. The molecule has 0 radical (unpaired) electrons. The fourth-order valence-corrected chi connectivity index (χ4v) is 5.03.